The molecule has 0 spiro atoms. The Balaban J connectivity index is 3.20. The van der Waals surface area contributed by atoms with Gasteiger partial charge in [-0.25, -0.2) is 0 Å². The van der Waals surface area contributed by atoms with Gasteiger partial charge in [-0.2, -0.15) is 0 Å². The lowest BCUT2D eigenvalue weighted by atomic mass is 9.98. The number of hydrogen-bond acceptors (Lipinski definition) is 3. The van der Waals surface area contributed by atoms with Crippen molar-refractivity contribution in [3.63, 3.8) is 0 Å². The summed E-state index contributed by atoms with van der Waals surface area (Å²) in [5.41, 5.74) is 2.36. The van der Waals surface area contributed by atoms with Gasteiger partial charge in [-0.3, -0.25) is 11.3 Å². The van der Waals surface area contributed by atoms with Gasteiger partial charge in [0.2, 0.25) is 0 Å². The normalized spacial score (nSPS) is 13.0. The first kappa shape index (κ1) is 8.65. The molecule has 0 bridgehead atoms. The molecule has 0 saturated heterocycles. The van der Waals surface area contributed by atoms with Gasteiger partial charge >= 0.3 is 0 Å². The molecule has 4 heteroatoms. The Hall–Kier alpha value is -0.345. The fourth-order valence-electron chi connectivity index (χ4n) is 0.528. The minimum Gasteiger partial charge on any atom is -0.302 e. The van der Waals surface area contributed by atoms with Crippen molar-refractivity contribution in [3.8, 4) is 0 Å². The second-order valence-electron chi connectivity index (χ2n) is 1.84. The SMILES string of the molecule is [B]CCC[C@@H](C=O)NN. The van der Waals surface area contributed by atoms with Crippen molar-refractivity contribution in [1.29, 1.82) is 0 Å². The summed E-state index contributed by atoms with van der Waals surface area (Å²) in [6.07, 6.45) is 2.94. The second kappa shape index (κ2) is 5.79. The predicted molar refractivity (Wildman–Crippen MR) is 37.0 cm³/mol. The molecule has 3 N–H and O–H groups in total. The quantitative estimate of drug-likeness (QED) is 0.223. The molecule has 0 aromatic carbocycles. The van der Waals surface area contributed by atoms with Crippen LogP contribution in [-0.2, 0) is 4.79 Å². The van der Waals surface area contributed by atoms with Crippen molar-refractivity contribution in [3.05, 3.63) is 0 Å². The molecule has 50 valence electrons. The molecular formula is C5H11BN2O. The van der Waals surface area contributed by atoms with Crippen molar-refractivity contribution in [2.45, 2.75) is 25.2 Å². The zero-order chi connectivity index (χ0) is 7.11. The summed E-state index contributed by atoms with van der Waals surface area (Å²) in [7, 11) is 5.20. The van der Waals surface area contributed by atoms with Crippen molar-refractivity contribution < 1.29 is 4.79 Å². The van der Waals surface area contributed by atoms with E-state index in [1.807, 2.05) is 0 Å². The third kappa shape index (κ3) is 4.18. The average molecular weight is 126 g/mol. The molecule has 0 fully saturated rings. The maximum atomic E-state index is 10.1. The Labute approximate surface area is 56.4 Å². The van der Waals surface area contributed by atoms with E-state index >= 15 is 0 Å². The van der Waals surface area contributed by atoms with Gasteiger partial charge in [0.15, 0.2) is 0 Å². The van der Waals surface area contributed by atoms with E-state index in [0.29, 0.717) is 6.32 Å². The van der Waals surface area contributed by atoms with Gasteiger partial charge in [0.25, 0.3) is 0 Å². The molecule has 0 rings (SSSR count). The smallest absolute Gasteiger partial charge is 0.138 e. The molecule has 0 amide bonds. The van der Waals surface area contributed by atoms with Crippen LogP contribution in [0.2, 0.25) is 6.32 Å². The highest BCUT2D eigenvalue weighted by Gasteiger charge is 2.00. The number of nitrogens with two attached hydrogens (primary N) is 1. The van der Waals surface area contributed by atoms with Crippen LogP contribution < -0.4 is 11.3 Å². The largest absolute Gasteiger partial charge is 0.302 e. The Morgan fingerprint density at radius 3 is 2.78 bits per heavy atom. The second-order valence-corrected chi connectivity index (χ2v) is 1.84. The van der Waals surface area contributed by atoms with Crippen LogP contribution in [-0.4, -0.2) is 20.2 Å². The van der Waals surface area contributed by atoms with Gasteiger partial charge in [0, 0.05) is 0 Å². The lowest BCUT2D eigenvalue weighted by molar-refractivity contribution is -0.109. The third-order valence-electron chi connectivity index (χ3n) is 1.10. The molecule has 0 unspecified atom stereocenters. The third-order valence-corrected chi connectivity index (χ3v) is 1.10. The van der Waals surface area contributed by atoms with Crippen LogP contribution in [0.15, 0.2) is 0 Å². The molecular weight excluding hydrogens is 115 g/mol. The summed E-state index contributed by atoms with van der Waals surface area (Å²) in [4.78, 5) is 10.1. The minimum atomic E-state index is -0.228. The highest BCUT2D eigenvalue weighted by atomic mass is 16.1. The number of carbonyl (C=O) groups excluding carboxylic acids is 1. The maximum absolute atomic E-state index is 10.1. The Bertz CT molecular complexity index is 79.4. The summed E-state index contributed by atoms with van der Waals surface area (Å²) in [6, 6.07) is -0.228. The number of aldehydes is 1. The molecule has 0 heterocycles. The fraction of sp³-hybridized carbons (Fsp3) is 0.800. The lowest BCUT2D eigenvalue weighted by Gasteiger charge is -2.05. The van der Waals surface area contributed by atoms with Gasteiger partial charge in [-0.05, 0) is 6.42 Å². The molecule has 3 nitrogen and oxygen atoms in total. The van der Waals surface area contributed by atoms with Gasteiger partial charge < -0.3 is 4.79 Å². The van der Waals surface area contributed by atoms with Crippen LogP contribution in [0.1, 0.15) is 12.8 Å². The summed E-state index contributed by atoms with van der Waals surface area (Å²) in [5.74, 6) is 5.00. The fourth-order valence-corrected chi connectivity index (χ4v) is 0.528. The minimum absolute atomic E-state index is 0.228. The summed E-state index contributed by atoms with van der Waals surface area (Å²) in [5, 5.41) is 0. The topological polar surface area (TPSA) is 55.1 Å². The molecule has 0 aromatic heterocycles. The standard InChI is InChI=1S/C5H11BN2O/c6-3-1-2-5(4-9)8-7/h4-5,8H,1-3,7H2/t5-/m0/s1. The van der Waals surface area contributed by atoms with Crippen LogP contribution >= 0.6 is 0 Å². The summed E-state index contributed by atoms with van der Waals surface area (Å²) < 4.78 is 0. The first-order valence-electron chi connectivity index (χ1n) is 2.96. The van der Waals surface area contributed by atoms with Crippen LogP contribution in [0.25, 0.3) is 0 Å². The summed E-state index contributed by atoms with van der Waals surface area (Å²) in [6.45, 7) is 0. The molecule has 0 aliphatic rings. The Kier molecular flexibility index (Phi) is 5.56. The first-order chi connectivity index (χ1) is 4.35. The molecule has 9 heavy (non-hydrogen) atoms. The van der Waals surface area contributed by atoms with E-state index < -0.39 is 0 Å². The van der Waals surface area contributed by atoms with Crippen LogP contribution in [0, 0.1) is 0 Å². The molecule has 2 radical (unpaired) electrons. The maximum Gasteiger partial charge on any atom is 0.138 e. The summed E-state index contributed by atoms with van der Waals surface area (Å²) >= 11 is 0. The van der Waals surface area contributed by atoms with Crippen molar-refractivity contribution >= 4 is 14.1 Å². The number of hydrogen-bond donors (Lipinski definition) is 2. The van der Waals surface area contributed by atoms with E-state index in [-0.39, 0.29) is 6.04 Å². The first-order valence-corrected chi connectivity index (χ1v) is 2.96. The van der Waals surface area contributed by atoms with Crippen molar-refractivity contribution in [2.75, 3.05) is 0 Å². The van der Waals surface area contributed by atoms with Crippen LogP contribution in [0.3, 0.4) is 0 Å². The van der Waals surface area contributed by atoms with E-state index in [9.17, 15) is 4.79 Å². The number of rotatable bonds is 5. The van der Waals surface area contributed by atoms with Gasteiger partial charge in [-0.1, -0.05) is 12.7 Å². The van der Waals surface area contributed by atoms with Gasteiger partial charge in [-0.15, -0.1) is 0 Å². The van der Waals surface area contributed by atoms with Crippen LogP contribution in [0.4, 0.5) is 0 Å². The zero-order valence-corrected chi connectivity index (χ0v) is 5.34. The number of nitrogens with one attached hydrogen (secondary N) is 1. The van der Waals surface area contributed by atoms with E-state index in [2.05, 4.69) is 5.43 Å². The lowest BCUT2D eigenvalue weighted by Crippen LogP contribution is -2.36. The molecule has 0 aliphatic carbocycles. The molecule has 0 aromatic rings. The highest BCUT2D eigenvalue weighted by Crippen LogP contribution is 1.95. The molecule has 0 aliphatic heterocycles. The van der Waals surface area contributed by atoms with Crippen molar-refractivity contribution in [2.24, 2.45) is 5.84 Å². The molecule has 0 saturated carbocycles. The number of carbonyl (C=O) groups is 1. The highest BCUT2D eigenvalue weighted by molar-refractivity contribution is 6.08. The average Bonchev–Trinajstić information content (AvgIpc) is 1.91. The zero-order valence-electron chi connectivity index (χ0n) is 5.34. The van der Waals surface area contributed by atoms with Crippen molar-refractivity contribution in [1.82, 2.24) is 5.43 Å². The van der Waals surface area contributed by atoms with E-state index in [1.54, 1.807) is 0 Å². The van der Waals surface area contributed by atoms with E-state index in [0.717, 1.165) is 19.1 Å². The van der Waals surface area contributed by atoms with Gasteiger partial charge in [0.1, 0.15) is 6.29 Å². The number of hydrazine groups is 1. The Morgan fingerprint density at radius 1 is 1.78 bits per heavy atom. The monoisotopic (exact) mass is 126 g/mol. The van der Waals surface area contributed by atoms with E-state index in [1.165, 1.54) is 0 Å². The van der Waals surface area contributed by atoms with Gasteiger partial charge in [0.05, 0.1) is 13.9 Å². The molecule has 1 atom stereocenters. The van der Waals surface area contributed by atoms with E-state index in [4.69, 9.17) is 13.7 Å². The Morgan fingerprint density at radius 2 is 2.44 bits per heavy atom. The predicted octanol–water partition coefficient (Wildman–Crippen LogP) is -0.616. The van der Waals surface area contributed by atoms with Crippen LogP contribution in [0.5, 0.6) is 0 Å².